The number of carbonyl (C=O) groups is 2. The van der Waals surface area contributed by atoms with Gasteiger partial charge in [-0.1, -0.05) is 65.2 Å². The molecule has 176 valence electrons. The molecule has 35 heavy (non-hydrogen) atoms. The minimum Gasteiger partial charge on any atom is -0.478 e. The minimum absolute atomic E-state index is 0.150. The van der Waals surface area contributed by atoms with Gasteiger partial charge in [-0.3, -0.25) is 0 Å². The summed E-state index contributed by atoms with van der Waals surface area (Å²) in [7, 11) is 0. The van der Waals surface area contributed by atoms with E-state index in [0.29, 0.717) is 38.3 Å². The van der Waals surface area contributed by atoms with Crippen molar-refractivity contribution in [3.63, 3.8) is 0 Å². The Balaban J connectivity index is 1.70. The first-order valence-corrected chi connectivity index (χ1v) is 11.3. The topological polar surface area (TPSA) is 87.7 Å². The number of aromatic carboxylic acids is 1. The van der Waals surface area contributed by atoms with Crippen molar-refractivity contribution in [2.24, 2.45) is 0 Å². The summed E-state index contributed by atoms with van der Waals surface area (Å²) in [5.74, 6) is -0.480. The number of rotatable bonds is 6. The predicted octanol–water partition coefficient (Wildman–Crippen LogP) is 8.10. The number of benzene rings is 4. The minimum atomic E-state index is -1.03. The van der Waals surface area contributed by atoms with Crippen LogP contribution in [0.15, 0.2) is 84.9 Å². The molecular formula is C27H20Cl2N2O4. The molecule has 0 heterocycles. The fraction of sp³-hybridized carbons (Fsp3) is 0.0370. The summed E-state index contributed by atoms with van der Waals surface area (Å²) in [5, 5.41) is 15.5. The van der Waals surface area contributed by atoms with Gasteiger partial charge in [0.05, 0.1) is 21.3 Å². The largest absolute Gasteiger partial charge is 0.478 e. The number of carboxylic acid groups (broad SMARTS) is 1. The van der Waals surface area contributed by atoms with E-state index in [-0.39, 0.29) is 11.3 Å². The van der Waals surface area contributed by atoms with Crippen LogP contribution in [0.2, 0.25) is 10.0 Å². The molecule has 0 aliphatic rings. The second kappa shape index (κ2) is 10.5. The quantitative estimate of drug-likeness (QED) is 0.246. The highest BCUT2D eigenvalue weighted by molar-refractivity contribution is 6.37. The maximum Gasteiger partial charge on any atom is 0.335 e. The number of ether oxygens (including phenoxy) is 1. The average molecular weight is 507 g/mol. The first-order chi connectivity index (χ1) is 16.8. The van der Waals surface area contributed by atoms with Crippen molar-refractivity contribution in [2.45, 2.75) is 6.92 Å². The molecule has 6 nitrogen and oxygen atoms in total. The summed E-state index contributed by atoms with van der Waals surface area (Å²) >= 11 is 12.5. The maximum atomic E-state index is 12.8. The number of hydrogen-bond donors (Lipinski definition) is 3. The van der Waals surface area contributed by atoms with Crippen LogP contribution in [-0.2, 0) is 0 Å². The summed E-state index contributed by atoms with van der Waals surface area (Å²) in [5.41, 5.74) is 3.52. The molecule has 0 saturated heterocycles. The molecule has 0 unspecified atom stereocenters. The summed E-state index contributed by atoms with van der Waals surface area (Å²) < 4.78 is 5.99. The van der Waals surface area contributed by atoms with Crippen molar-refractivity contribution in [1.82, 2.24) is 0 Å². The molecule has 0 atom stereocenters. The first-order valence-electron chi connectivity index (χ1n) is 10.5. The van der Waals surface area contributed by atoms with E-state index in [2.05, 4.69) is 10.6 Å². The van der Waals surface area contributed by atoms with E-state index in [1.54, 1.807) is 66.7 Å². The van der Waals surface area contributed by atoms with Crippen molar-refractivity contribution in [1.29, 1.82) is 0 Å². The molecule has 4 aromatic carbocycles. The number of urea groups is 1. The number of aryl methyl sites for hydroxylation is 1. The summed E-state index contributed by atoms with van der Waals surface area (Å²) in [6.07, 6.45) is 0. The highest BCUT2D eigenvalue weighted by atomic mass is 35.5. The van der Waals surface area contributed by atoms with Crippen LogP contribution in [0.25, 0.3) is 11.1 Å². The van der Waals surface area contributed by atoms with Crippen LogP contribution >= 0.6 is 23.2 Å². The first kappa shape index (κ1) is 24.1. The number of amides is 2. The third-order valence-corrected chi connectivity index (χ3v) is 5.71. The van der Waals surface area contributed by atoms with E-state index >= 15 is 0 Å². The Hall–Kier alpha value is -4.00. The molecule has 0 fully saturated rings. The number of halogens is 2. The van der Waals surface area contributed by atoms with E-state index in [9.17, 15) is 14.7 Å². The van der Waals surface area contributed by atoms with E-state index in [1.165, 1.54) is 6.07 Å². The van der Waals surface area contributed by atoms with Gasteiger partial charge in [-0.15, -0.1) is 0 Å². The van der Waals surface area contributed by atoms with E-state index in [4.69, 9.17) is 27.9 Å². The van der Waals surface area contributed by atoms with Crippen molar-refractivity contribution < 1.29 is 19.4 Å². The molecule has 8 heteroatoms. The lowest BCUT2D eigenvalue weighted by Gasteiger charge is -2.16. The van der Waals surface area contributed by atoms with Crippen molar-refractivity contribution in [2.75, 3.05) is 10.6 Å². The molecular weight excluding hydrogens is 487 g/mol. The summed E-state index contributed by atoms with van der Waals surface area (Å²) in [6, 6.07) is 23.5. The average Bonchev–Trinajstić information content (AvgIpc) is 2.84. The standard InChI is InChI=1S/C27H20Cl2N2O4/c1-16-8-11-20(12-9-16)30-27(34)31-23-15-18(17-4-2-5-19(14-17)26(32)33)10-13-24(23)35-25-21(28)6-3-7-22(25)29/h2-15H,1H3,(H,32,33)(H2,30,31,34). The Kier molecular flexibility index (Phi) is 7.25. The van der Waals surface area contributed by atoms with Crippen molar-refractivity contribution >= 4 is 46.6 Å². The Morgan fingerprint density at radius 2 is 1.46 bits per heavy atom. The smallest absolute Gasteiger partial charge is 0.335 e. The van der Waals surface area contributed by atoms with Crippen LogP contribution in [-0.4, -0.2) is 17.1 Å². The zero-order valence-corrected chi connectivity index (χ0v) is 20.0. The molecule has 4 aromatic rings. The van der Waals surface area contributed by atoms with E-state index in [1.807, 2.05) is 19.1 Å². The number of nitrogens with one attached hydrogen (secondary N) is 2. The zero-order chi connectivity index (χ0) is 24.9. The zero-order valence-electron chi connectivity index (χ0n) is 18.5. The van der Waals surface area contributed by atoms with Gasteiger partial charge in [0.2, 0.25) is 0 Å². The Morgan fingerprint density at radius 1 is 0.800 bits per heavy atom. The highest BCUT2D eigenvalue weighted by Gasteiger charge is 2.15. The van der Waals surface area contributed by atoms with Crippen molar-refractivity contribution in [3.8, 4) is 22.6 Å². The SMILES string of the molecule is Cc1ccc(NC(=O)Nc2cc(-c3cccc(C(=O)O)c3)ccc2Oc2c(Cl)cccc2Cl)cc1. The third kappa shape index (κ3) is 5.93. The van der Waals surface area contributed by atoms with Crippen LogP contribution in [0.5, 0.6) is 11.5 Å². The lowest BCUT2D eigenvalue weighted by molar-refractivity contribution is 0.0697. The molecule has 0 saturated carbocycles. The molecule has 0 aromatic heterocycles. The fourth-order valence-electron chi connectivity index (χ4n) is 3.34. The van der Waals surface area contributed by atoms with Gasteiger partial charge in [-0.2, -0.15) is 0 Å². The molecule has 0 aliphatic heterocycles. The van der Waals surface area contributed by atoms with Crippen LogP contribution in [0.4, 0.5) is 16.2 Å². The van der Waals surface area contributed by atoms with Gasteiger partial charge in [0.15, 0.2) is 11.5 Å². The number of carbonyl (C=O) groups excluding carboxylic acids is 1. The molecule has 0 bridgehead atoms. The number of anilines is 2. The lowest BCUT2D eigenvalue weighted by Crippen LogP contribution is -2.19. The van der Waals surface area contributed by atoms with Gasteiger partial charge in [-0.05, 0) is 66.6 Å². The summed E-state index contributed by atoms with van der Waals surface area (Å²) in [4.78, 5) is 24.2. The molecule has 2 amide bonds. The Morgan fingerprint density at radius 3 is 2.14 bits per heavy atom. The molecule has 3 N–H and O–H groups in total. The second-order valence-electron chi connectivity index (χ2n) is 7.69. The van der Waals surface area contributed by atoms with Crippen LogP contribution in [0.3, 0.4) is 0 Å². The third-order valence-electron chi connectivity index (χ3n) is 5.11. The summed E-state index contributed by atoms with van der Waals surface area (Å²) in [6.45, 7) is 1.96. The van der Waals surface area contributed by atoms with Gasteiger partial charge in [-0.25, -0.2) is 9.59 Å². The molecule has 0 spiro atoms. The monoisotopic (exact) mass is 506 g/mol. The number of carboxylic acids is 1. The van der Waals surface area contributed by atoms with Gasteiger partial charge in [0.1, 0.15) is 0 Å². The van der Waals surface area contributed by atoms with E-state index < -0.39 is 12.0 Å². The van der Waals surface area contributed by atoms with Gasteiger partial charge in [0, 0.05) is 5.69 Å². The molecule has 0 radical (unpaired) electrons. The van der Waals surface area contributed by atoms with Crippen LogP contribution in [0.1, 0.15) is 15.9 Å². The fourth-order valence-corrected chi connectivity index (χ4v) is 3.81. The predicted molar refractivity (Wildman–Crippen MR) is 139 cm³/mol. The van der Waals surface area contributed by atoms with Gasteiger partial charge >= 0.3 is 12.0 Å². The number of hydrogen-bond acceptors (Lipinski definition) is 3. The lowest BCUT2D eigenvalue weighted by atomic mass is 10.0. The van der Waals surface area contributed by atoms with Crippen LogP contribution in [0, 0.1) is 6.92 Å². The van der Waals surface area contributed by atoms with E-state index in [0.717, 1.165) is 5.56 Å². The van der Waals surface area contributed by atoms with Crippen LogP contribution < -0.4 is 15.4 Å². The molecule has 0 aliphatic carbocycles. The second-order valence-corrected chi connectivity index (χ2v) is 8.51. The normalized spacial score (nSPS) is 10.5. The van der Waals surface area contributed by atoms with Gasteiger partial charge in [0.25, 0.3) is 0 Å². The van der Waals surface area contributed by atoms with Gasteiger partial charge < -0.3 is 20.5 Å². The number of para-hydroxylation sites is 1. The maximum absolute atomic E-state index is 12.8. The Labute approximate surface area is 212 Å². The Bertz CT molecular complexity index is 1380. The van der Waals surface area contributed by atoms with Crippen molar-refractivity contribution in [3.05, 3.63) is 106 Å². The molecule has 4 rings (SSSR count). The highest BCUT2D eigenvalue weighted by Crippen LogP contribution is 2.40.